The lowest BCUT2D eigenvalue weighted by atomic mass is 9.95. The first-order chi connectivity index (χ1) is 16.7. The van der Waals surface area contributed by atoms with Crippen LogP contribution in [0.5, 0.6) is 5.75 Å². The normalized spacial score (nSPS) is 15.1. The highest BCUT2D eigenvalue weighted by Gasteiger charge is 2.22. The third kappa shape index (κ3) is 5.05. The highest BCUT2D eigenvalue weighted by Crippen LogP contribution is 2.44. The van der Waals surface area contributed by atoms with Gasteiger partial charge in [-0.3, -0.25) is 0 Å². The van der Waals surface area contributed by atoms with Crippen molar-refractivity contribution in [2.24, 2.45) is 0 Å². The van der Waals surface area contributed by atoms with Gasteiger partial charge in [0.25, 0.3) is 0 Å². The Bertz CT molecular complexity index is 1210. The van der Waals surface area contributed by atoms with E-state index in [1.165, 1.54) is 50.9 Å². The zero-order valence-corrected chi connectivity index (χ0v) is 20.7. The Labute approximate surface area is 206 Å². The molecule has 0 saturated carbocycles. The average molecular weight is 472 g/mol. The molecular formula is C30H33NO2S. The van der Waals surface area contributed by atoms with Crippen molar-refractivity contribution in [3.05, 3.63) is 89.5 Å². The number of fused-ring (bicyclic) bond motifs is 1. The Balaban J connectivity index is 1.36. The van der Waals surface area contributed by atoms with Gasteiger partial charge in [-0.05, 0) is 92.0 Å². The molecule has 4 aromatic rings. The Kier molecular flexibility index (Phi) is 7.29. The Morgan fingerprint density at radius 1 is 0.941 bits per heavy atom. The maximum absolute atomic E-state index is 11.5. The van der Waals surface area contributed by atoms with Crippen LogP contribution in [0.15, 0.2) is 72.8 Å². The maximum Gasteiger partial charge on any atom is 0.120 e. The highest BCUT2D eigenvalue weighted by molar-refractivity contribution is 7.22. The molecule has 5 rings (SSSR count). The van der Waals surface area contributed by atoms with E-state index >= 15 is 0 Å². The number of likely N-dealkylation sites (tertiary alicyclic amines) is 1. The van der Waals surface area contributed by atoms with Gasteiger partial charge in [0.05, 0.1) is 7.11 Å². The van der Waals surface area contributed by atoms with Crippen LogP contribution in [0.4, 0.5) is 0 Å². The number of unbranched alkanes of at least 4 members (excludes halogenated alkanes) is 1. The molecule has 0 radical (unpaired) electrons. The quantitative estimate of drug-likeness (QED) is 0.265. The fraction of sp³-hybridized carbons (Fsp3) is 0.333. The lowest BCUT2D eigenvalue weighted by molar-refractivity contribution is 0.223. The number of hydrogen-bond donors (Lipinski definition) is 1. The smallest absolute Gasteiger partial charge is 0.120 e. The highest BCUT2D eigenvalue weighted by atomic mass is 32.1. The molecule has 2 heterocycles. The summed E-state index contributed by atoms with van der Waals surface area (Å²) in [6.07, 6.45) is 5.62. The van der Waals surface area contributed by atoms with Crippen LogP contribution in [0.25, 0.3) is 20.5 Å². The van der Waals surface area contributed by atoms with Gasteiger partial charge >= 0.3 is 0 Å². The third-order valence-electron chi connectivity index (χ3n) is 6.93. The number of aliphatic hydroxyl groups excluding tert-OH is 1. The molecule has 0 bridgehead atoms. The van der Waals surface area contributed by atoms with Gasteiger partial charge in [0.15, 0.2) is 0 Å². The van der Waals surface area contributed by atoms with Gasteiger partial charge in [0, 0.05) is 15.1 Å². The molecule has 0 spiro atoms. The van der Waals surface area contributed by atoms with Crippen molar-refractivity contribution >= 4 is 21.4 Å². The van der Waals surface area contributed by atoms with Crippen molar-refractivity contribution in [2.45, 2.75) is 38.2 Å². The number of ether oxygens (including phenoxy) is 1. The predicted octanol–water partition coefficient (Wildman–Crippen LogP) is 7.08. The average Bonchev–Trinajstić information content (AvgIpc) is 3.54. The van der Waals surface area contributed by atoms with Gasteiger partial charge in [-0.15, -0.1) is 11.3 Å². The summed E-state index contributed by atoms with van der Waals surface area (Å²) in [4.78, 5) is 3.70. The van der Waals surface area contributed by atoms with E-state index in [4.69, 9.17) is 4.74 Å². The summed E-state index contributed by atoms with van der Waals surface area (Å²) in [5, 5.41) is 12.6. The molecule has 34 heavy (non-hydrogen) atoms. The number of aliphatic hydroxyl groups is 1. The van der Waals surface area contributed by atoms with Gasteiger partial charge in [-0.1, -0.05) is 54.6 Å². The standard InChI is InChI=1S/C30H33NO2S/c1-33-25-16-17-26-27(21-25)34-30(24-10-3-2-4-11-24)28(26)29(32)23-14-12-22(13-15-23)9-5-6-18-31-19-7-8-20-31/h2-4,10-17,21,29,32H,5-9,18-20H2,1H3. The number of nitrogens with zero attached hydrogens (tertiary/aromatic N) is 1. The van der Waals surface area contributed by atoms with Gasteiger partial charge in [0.1, 0.15) is 11.9 Å². The fourth-order valence-electron chi connectivity index (χ4n) is 5.00. The second-order valence-corrected chi connectivity index (χ2v) is 10.3. The summed E-state index contributed by atoms with van der Waals surface area (Å²) in [5.41, 5.74) is 4.40. The van der Waals surface area contributed by atoms with Crippen LogP contribution in [-0.2, 0) is 6.42 Å². The van der Waals surface area contributed by atoms with E-state index in [0.717, 1.165) is 43.8 Å². The summed E-state index contributed by atoms with van der Waals surface area (Å²) < 4.78 is 6.57. The molecule has 1 N–H and O–H groups in total. The summed E-state index contributed by atoms with van der Waals surface area (Å²) >= 11 is 1.71. The van der Waals surface area contributed by atoms with Crippen molar-refractivity contribution < 1.29 is 9.84 Å². The molecule has 3 aromatic carbocycles. The van der Waals surface area contributed by atoms with Crippen LogP contribution in [0.3, 0.4) is 0 Å². The molecule has 3 nitrogen and oxygen atoms in total. The van der Waals surface area contributed by atoms with E-state index < -0.39 is 6.10 Å². The van der Waals surface area contributed by atoms with Crippen LogP contribution < -0.4 is 4.74 Å². The zero-order chi connectivity index (χ0) is 23.3. The van der Waals surface area contributed by atoms with Crippen LogP contribution in [0.2, 0.25) is 0 Å². The number of hydrogen-bond acceptors (Lipinski definition) is 4. The number of thiophene rings is 1. The first kappa shape index (κ1) is 23.1. The van der Waals surface area contributed by atoms with Gasteiger partial charge < -0.3 is 14.7 Å². The van der Waals surface area contributed by atoms with Crippen molar-refractivity contribution in [3.63, 3.8) is 0 Å². The lowest BCUT2D eigenvalue weighted by Gasteiger charge is -2.15. The molecule has 1 atom stereocenters. The molecule has 4 heteroatoms. The molecule has 1 fully saturated rings. The Morgan fingerprint density at radius 3 is 2.44 bits per heavy atom. The topological polar surface area (TPSA) is 32.7 Å². The minimum absolute atomic E-state index is 0.679. The SMILES string of the molecule is COc1ccc2c(C(O)c3ccc(CCCCN4CCCC4)cc3)c(-c3ccccc3)sc2c1. The first-order valence-electron chi connectivity index (χ1n) is 12.4. The maximum atomic E-state index is 11.5. The van der Waals surface area contributed by atoms with Gasteiger partial charge in [-0.2, -0.15) is 0 Å². The minimum atomic E-state index is -0.679. The van der Waals surface area contributed by atoms with Crippen LogP contribution >= 0.6 is 11.3 Å². The van der Waals surface area contributed by atoms with Gasteiger partial charge in [0.2, 0.25) is 0 Å². The fourth-order valence-corrected chi connectivity index (χ4v) is 6.27. The predicted molar refractivity (Wildman–Crippen MR) is 143 cm³/mol. The molecule has 1 aromatic heterocycles. The number of benzene rings is 3. The molecule has 1 unspecified atom stereocenters. The van der Waals surface area contributed by atoms with Crippen LogP contribution in [-0.4, -0.2) is 36.8 Å². The molecule has 176 valence electrons. The van der Waals surface area contributed by atoms with E-state index in [-0.39, 0.29) is 0 Å². The zero-order valence-electron chi connectivity index (χ0n) is 19.9. The van der Waals surface area contributed by atoms with E-state index in [0.29, 0.717) is 0 Å². The molecule has 1 aliphatic rings. The third-order valence-corrected chi connectivity index (χ3v) is 8.15. The van der Waals surface area contributed by atoms with Crippen molar-refractivity contribution in [1.29, 1.82) is 0 Å². The summed E-state index contributed by atoms with van der Waals surface area (Å²) in [5.74, 6) is 0.837. The van der Waals surface area contributed by atoms with Crippen molar-refractivity contribution in [3.8, 4) is 16.2 Å². The van der Waals surface area contributed by atoms with Crippen LogP contribution in [0, 0.1) is 0 Å². The van der Waals surface area contributed by atoms with Crippen molar-refractivity contribution in [2.75, 3.05) is 26.7 Å². The second kappa shape index (κ2) is 10.7. The van der Waals surface area contributed by atoms with Crippen molar-refractivity contribution in [1.82, 2.24) is 4.90 Å². The summed E-state index contributed by atoms with van der Waals surface area (Å²) in [6.45, 7) is 3.79. The van der Waals surface area contributed by atoms with Gasteiger partial charge in [-0.25, -0.2) is 0 Å². The van der Waals surface area contributed by atoms with E-state index in [1.54, 1.807) is 18.4 Å². The van der Waals surface area contributed by atoms with E-state index in [1.807, 2.05) is 12.1 Å². The Morgan fingerprint density at radius 2 is 1.71 bits per heavy atom. The van der Waals surface area contributed by atoms with E-state index in [9.17, 15) is 5.11 Å². The summed E-state index contributed by atoms with van der Waals surface area (Å²) in [6, 6.07) is 25.0. The monoisotopic (exact) mass is 471 g/mol. The second-order valence-electron chi connectivity index (χ2n) is 9.22. The molecule has 1 aliphatic heterocycles. The first-order valence-corrected chi connectivity index (χ1v) is 13.2. The molecular weight excluding hydrogens is 438 g/mol. The molecule has 1 saturated heterocycles. The molecule has 0 amide bonds. The number of aryl methyl sites for hydroxylation is 1. The minimum Gasteiger partial charge on any atom is -0.497 e. The van der Waals surface area contributed by atoms with E-state index in [2.05, 4.69) is 65.6 Å². The van der Waals surface area contributed by atoms with Crippen LogP contribution in [0.1, 0.15) is 48.5 Å². The lowest BCUT2D eigenvalue weighted by Crippen LogP contribution is -2.20. The number of methoxy groups -OCH3 is 1. The summed E-state index contributed by atoms with van der Waals surface area (Å²) in [7, 11) is 1.69. The molecule has 0 aliphatic carbocycles. The number of rotatable bonds is 9. The largest absolute Gasteiger partial charge is 0.497 e. The Hall–Kier alpha value is -2.66.